The third-order valence-electron chi connectivity index (χ3n) is 7.25. The molecule has 0 radical (unpaired) electrons. The molecule has 0 aromatic heterocycles. The van der Waals surface area contributed by atoms with Crippen LogP contribution in [0.1, 0.15) is 43.0 Å². The summed E-state index contributed by atoms with van der Waals surface area (Å²) in [7, 11) is -4.21. The fourth-order valence-corrected chi connectivity index (χ4v) is 6.76. The van der Waals surface area contributed by atoms with E-state index in [-0.39, 0.29) is 29.5 Å². The van der Waals surface area contributed by atoms with Gasteiger partial charge in [0.05, 0.1) is 10.6 Å². The second-order valence-corrected chi connectivity index (χ2v) is 14.5. The Labute approximate surface area is 271 Å². The molecule has 1 atom stereocenters. The first-order chi connectivity index (χ1) is 21.2. The Morgan fingerprint density at radius 1 is 0.822 bits per heavy atom. The smallest absolute Gasteiger partial charge is 0.264 e. The Morgan fingerprint density at radius 2 is 1.44 bits per heavy atom. The zero-order valence-corrected chi connectivity index (χ0v) is 27.9. The van der Waals surface area contributed by atoms with Gasteiger partial charge in [-0.2, -0.15) is 0 Å². The Morgan fingerprint density at radius 3 is 2.07 bits per heavy atom. The van der Waals surface area contributed by atoms with Crippen molar-refractivity contribution in [2.75, 3.05) is 10.8 Å². The summed E-state index contributed by atoms with van der Waals surface area (Å²) in [5, 5.41) is 3.38. The summed E-state index contributed by atoms with van der Waals surface area (Å²) < 4.78 is 29.4. The van der Waals surface area contributed by atoms with Gasteiger partial charge in [0.1, 0.15) is 12.6 Å². The SMILES string of the molecule is Cc1cccc(CN(C(=O)CN(c2cc(Cl)ccc2C)S(=O)(=O)c2ccccc2)C(Cc2ccccc2)C(=O)NC(C)(C)C)c1. The molecule has 0 spiro atoms. The predicted octanol–water partition coefficient (Wildman–Crippen LogP) is 6.71. The van der Waals surface area contributed by atoms with Gasteiger partial charge in [-0.25, -0.2) is 8.42 Å². The van der Waals surface area contributed by atoms with Crippen molar-refractivity contribution >= 4 is 39.1 Å². The Kier molecular flexibility index (Phi) is 10.7. The molecule has 0 heterocycles. The lowest BCUT2D eigenvalue weighted by atomic mass is 10.0. The van der Waals surface area contributed by atoms with E-state index in [1.54, 1.807) is 43.3 Å². The quantitative estimate of drug-likeness (QED) is 0.197. The zero-order valence-electron chi connectivity index (χ0n) is 26.3. The molecule has 4 aromatic rings. The molecule has 45 heavy (non-hydrogen) atoms. The third-order valence-corrected chi connectivity index (χ3v) is 9.26. The van der Waals surface area contributed by atoms with Crippen LogP contribution in [0, 0.1) is 13.8 Å². The lowest BCUT2D eigenvalue weighted by molar-refractivity contribution is -0.140. The molecule has 2 amide bonds. The van der Waals surface area contributed by atoms with E-state index in [1.165, 1.54) is 17.0 Å². The summed E-state index contributed by atoms with van der Waals surface area (Å²) in [5.41, 5.74) is 3.04. The molecule has 7 nitrogen and oxygen atoms in total. The van der Waals surface area contributed by atoms with Gasteiger partial charge in [-0.1, -0.05) is 96.0 Å². The van der Waals surface area contributed by atoms with Crippen LogP contribution in [0.25, 0.3) is 0 Å². The fourth-order valence-electron chi connectivity index (χ4n) is 5.10. The number of benzene rings is 4. The predicted molar refractivity (Wildman–Crippen MR) is 181 cm³/mol. The van der Waals surface area contributed by atoms with Crippen molar-refractivity contribution in [1.82, 2.24) is 10.2 Å². The van der Waals surface area contributed by atoms with Gasteiger partial charge in [0.15, 0.2) is 0 Å². The maximum atomic E-state index is 14.6. The van der Waals surface area contributed by atoms with Gasteiger partial charge >= 0.3 is 0 Å². The van der Waals surface area contributed by atoms with Crippen LogP contribution in [-0.2, 0) is 32.6 Å². The molecule has 0 saturated heterocycles. The molecule has 0 aliphatic rings. The number of anilines is 1. The van der Waals surface area contributed by atoms with Crippen LogP contribution in [0.3, 0.4) is 0 Å². The molecule has 0 fully saturated rings. The summed E-state index contributed by atoms with van der Waals surface area (Å²) >= 11 is 6.35. The maximum Gasteiger partial charge on any atom is 0.264 e. The van der Waals surface area contributed by atoms with Crippen LogP contribution in [0.15, 0.2) is 108 Å². The van der Waals surface area contributed by atoms with Crippen LogP contribution < -0.4 is 9.62 Å². The minimum Gasteiger partial charge on any atom is -0.350 e. The Bertz CT molecular complexity index is 1740. The second kappa shape index (κ2) is 14.3. The Hall–Kier alpha value is -4.14. The van der Waals surface area contributed by atoms with E-state index in [0.717, 1.165) is 21.0 Å². The largest absolute Gasteiger partial charge is 0.350 e. The van der Waals surface area contributed by atoms with E-state index in [1.807, 2.05) is 82.3 Å². The highest BCUT2D eigenvalue weighted by Gasteiger charge is 2.36. The van der Waals surface area contributed by atoms with Gasteiger partial charge in [0.25, 0.3) is 10.0 Å². The molecule has 4 rings (SSSR count). The standard InChI is InChI=1S/C36H40ClN3O4S/c1-26-13-12-16-29(21-26)24-39(33(35(42)38-36(3,4)5)22-28-14-8-6-9-15-28)34(41)25-40(32-23-30(37)20-19-27(32)2)45(43,44)31-17-10-7-11-18-31/h6-21,23,33H,22,24-25H2,1-5H3,(H,38,42). The Balaban J connectivity index is 1.84. The summed E-state index contributed by atoms with van der Waals surface area (Å²) in [6.45, 7) is 8.93. The lowest BCUT2D eigenvalue weighted by Gasteiger charge is -2.35. The van der Waals surface area contributed by atoms with Crippen LogP contribution >= 0.6 is 11.6 Å². The molecule has 1 unspecified atom stereocenters. The molecule has 0 aliphatic heterocycles. The first kappa shape index (κ1) is 33.7. The van der Waals surface area contributed by atoms with Crippen molar-refractivity contribution in [2.24, 2.45) is 0 Å². The fraction of sp³-hybridized carbons (Fsp3) is 0.278. The van der Waals surface area contributed by atoms with E-state index >= 15 is 0 Å². The highest BCUT2D eigenvalue weighted by molar-refractivity contribution is 7.92. The third kappa shape index (κ3) is 8.96. The zero-order chi connectivity index (χ0) is 32.8. The molecule has 1 N–H and O–H groups in total. The summed E-state index contributed by atoms with van der Waals surface area (Å²) in [5.74, 6) is -0.857. The molecule has 0 bridgehead atoms. The van der Waals surface area contributed by atoms with Gasteiger partial charge in [0, 0.05) is 23.5 Å². The van der Waals surface area contributed by atoms with E-state index in [2.05, 4.69) is 5.32 Å². The normalized spacial score (nSPS) is 12.3. The van der Waals surface area contributed by atoms with E-state index in [9.17, 15) is 18.0 Å². The van der Waals surface area contributed by atoms with Crippen molar-refractivity contribution in [3.8, 4) is 0 Å². The molecule has 4 aromatic carbocycles. The minimum atomic E-state index is -4.21. The van der Waals surface area contributed by atoms with Gasteiger partial charge in [-0.05, 0) is 75.6 Å². The summed E-state index contributed by atoms with van der Waals surface area (Å²) in [6, 6.07) is 29.2. The first-order valence-corrected chi connectivity index (χ1v) is 16.6. The number of hydrogen-bond acceptors (Lipinski definition) is 4. The highest BCUT2D eigenvalue weighted by atomic mass is 35.5. The van der Waals surface area contributed by atoms with E-state index in [0.29, 0.717) is 10.6 Å². The monoisotopic (exact) mass is 645 g/mol. The van der Waals surface area contributed by atoms with Crippen molar-refractivity contribution in [3.05, 3.63) is 130 Å². The van der Waals surface area contributed by atoms with Crippen LogP contribution in [-0.4, -0.2) is 43.3 Å². The minimum absolute atomic E-state index is 0.0359. The van der Waals surface area contributed by atoms with Crippen LogP contribution in [0.2, 0.25) is 5.02 Å². The molecule has 236 valence electrons. The molecular weight excluding hydrogens is 606 g/mol. The van der Waals surface area contributed by atoms with E-state index < -0.39 is 34.1 Å². The van der Waals surface area contributed by atoms with Crippen molar-refractivity contribution < 1.29 is 18.0 Å². The van der Waals surface area contributed by atoms with Crippen LogP contribution in [0.5, 0.6) is 0 Å². The number of rotatable bonds is 11. The molecule has 0 saturated carbocycles. The van der Waals surface area contributed by atoms with Gasteiger partial charge in [-0.15, -0.1) is 0 Å². The first-order valence-electron chi connectivity index (χ1n) is 14.8. The number of halogens is 1. The molecule has 9 heteroatoms. The van der Waals surface area contributed by atoms with Crippen LogP contribution in [0.4, 0.5) is 5.69 Å². The van der Waals surface area contributed by atoms with Crippen molar-refractivity contribution in [1.29, 1.82) is 0 Å². The number of sulfonamides is 1. The number of aryl methyl sites for hydroxylation is 2. The number of nitrogens with one attached hydrogen (secondary N) is 1. The summed E-state index contributed by atoms with van der Waals surface area (Å²) in [4.78, 5) is 30.1. The van der Waals surface area contributed by atoms with E-state index in [4.69, 9.17) is 11.6 Å². The number of amides is 2. The van der Waals surface area contributed by atoms with Crippen molar-refractivity contribution in [2.45, 2.75) is 64.1 Å². The lowest BCUT2D eigenvalue weighted by Crippen LogP contribution is -2.56. The maximum absolute atomic E-state index is 14.6. The number of hydrogen-bond donors (Lipinski definition) is 1. The number of carbonyl (C=O) groups excluding carboxylic acids is 2. The second-order valence-electron chi connectivity index (χ2n) is 12.2. The highest BCUT2D eigenvalue weighted by Crippen LogP contribution is 2.30. The number of carbonyl (C=O) groups is 2. The topological polar surface area (TPSA) is 86.8 Å². The van der Waals surface area contributed by atoms with Gasteiger partial charge in [0.2, 0.25) is 11.8 Å². The van der Waals surface area contributed by atoms with Gasteiger partial charge in [-0.3, -0.25) is 13.9 Å². The molecular formula is C36H40ClN3O4S. The number of nitrogens with zero attached hydrogens (tertiary/aromatic N) is 2. The average molecular weight is 646 g/mol. The summed E-state index contributed by atoms with van der Waals surface area (Å²) in [6.07, 6.45) is 0.238. The van der Waals surface area contributed by atoms with Gasteiger partial charge < -0.3 is 10.2 Å². The average Bonchev–Trinajstić information content (AvgIpc) is 2.99. The van der Waals surface area contributed by atoms with Crippen molar-refractivity contribution in [3.63, 3.8) is 0 Å². The molecule has 0 aliphatic carbocycles.